The highest BCUT2D eigenvalue weighted by molar-refractivity contribution is 9.10. The molecule has 1 atom stereocenters. The van der Waals surface area contributed by atoms with Gasteiger partial charge in [0.25, 0.3) is 0 Å². The Morgan fingerprint density at radius 1 is 1.50 bits per heavy atom. The molecule has 1 unspecified atom stereocenters. The third-order valence-electron chi connectivity index (χ3n) is 3.71. The molecule has 0 bridgehead atoms. The van der Waals surface area contributed by atoms with E-state index in [4.69, 9.17) is 0 Å². The van der Waals surface area contributed by atoms with Crippen LogP contribution in [0.5, 0.6) is 0 Å². The Hall–Kier alpha value is -2.23. The second-order valence-corrected chi connectivity index (χ2v) is 6.10. The molecule has 2 heterocycles. The molecule has 2 rings (SSSR count). The number of nitrogens with one attached hydrogen (secondary N) is 1. The van der Waals surface area contributed by atoms with Crippen LogP contribution in [0, 0.1) is 17.0 Å². The van der Waals surface area contributed by atoms with Gasteiger partial charge < -0.3 is 15.4 Å². The van der Waals surface area contributed by atoms with Crippen LogP contribution in [0.25, 0.3) is 0 Å². The van der Waals surface area contributed by atoms with Crippen LogP contribution in [0.4, 0.5) is 5.82 Å². The van der Waals surface area contributed by atoms with Crippen LogP contribution in [0.3, 0.4) is 0 Å². The Morgan fingerprint density at radius 2 is 2.21 bits per heavy atom. The van der Waals surface area contributed by atoms with Crippen molar-refractivity contribution in [1.82, 2.24) is 24.9 Å². The van der Waals surface area contributed by atoms with Gasteiger partial charge in [0.1, 0.15) is 0 Å². The van der Waals surface area contributed by atoms with Crippen LogP contribution >= 0.6 is 15.9 Å². The lowest BCUT2D eigenvalue weighted by Crippen LogP contribution is -2.33. The van der Waals surface area contributed by atoms with Crippen molar-refractivity contribution < 1.29 is 9.72 Å². The van der Waals surface area contributed by atoms with E-state index in [1.54, 1.807) is 17.8 Å². The molecule has 24 heavy (non-hydrogen) atoms. The lowest BCUT2D eigenvalue weighted by atomic mass is 10.2. The summed E-state index contributed by atoms with van der Waals surface area (Å²) in [7, 11) is 0. The molecule has 0 saturated carbocycles. The van der Waals surface area contributed by atoms with Gasteiger partial charge in [-0.05, 0) is 41.1 Å². The van der Waals surface area contributed by atoms with Crippen molar-refractivity contribution in [1.29, 1.82) is 0 Å². The predicted octanol–water partition coefficient (Wildman–Crippen LogP) is 2.35. The van der Waals surface area contributed by atoms with E-state index in [9.17, 15) is 14.9 Å². The topological polar surface area (TPSA) is 108 Å². The molecular weight excluding hydrogens is 380 g/mol. The fourth-order valence-electron chi connectivity index (χ4n) is 2.47. The zero-order chi connectivity index (χ0) is 17.9. The first kappa shape index (κ1) is 18.1. The van der Waals surface area contributed by atoms with Gasteiger partial charge in [-0.15, -0.1) is 0 Å². The molecule has 0 saturated heterocycles. The van der Waals surface area contributed by atoms with Crippen LogP contribution in [0.1, 0.15) is 37.7 Å². The van der Waals surface area contributed by atoms with Crippen LogP contribution in [-0.2, 0) is 17.9 Å². The van der Waals surface area contributed by atoms with E-state index in [0.717, 1.165) is 10.2 Å². The van der Waals surface area contributed by atoms with E-state index in [0.29, 0.717) is 25.2 Å². The second-order valence-electron chi connectivity index (χ2n) is 5.24. The van der Waals surface area contributed by atoms with Gasteiger partial charge in [-0.3, -0.25) is 9.48 Å². The first-order valence-corrected chi connectivity index (χ1v) is 8.36. The Morgan fingerprint density at radius 3 is 2.75 bits per heavy atom. The third-order valence-corrected chi connectivity index (χ3v) is 4.37. The Labute approximate surface area is 147 Å². The smallest absolute Gasteiger partial charge is 0.358 e. The normalized spacial score (nSPS) is 12.2. The summed E-state index contributed by atoms with van der Waals surface area (Å²) in [6.45, 7) is 6.50. The zero-order valence-corrected chi connectivity index (χ0v) is 15.3. The molecular formula is C14H19BrN6O3. The standard InChI is InChI=1S/C14H19BrN6O3/c1-4-11(20-9(3)6-13(18-20)21(23)24)14(22)16-8-12-10(15)7-17-19(12)5-2/h6-7,11H,4-5,8H2,1-3H3,(H,16,22). The summed E-state index contributed by atoms with van der Waals surface area (Å²) in [5.41, 5.74) is 1.44. The first-order chi connectivity index (χ1) is 11.4. The Balaban J connectivity index is 2.14. The van der Waals surface area contributed by atoms with Crippen LogP contribution < -0.4 is 5.32 Å². The van der Waals surface area contributed by atoms with Crippen LogP contribution in [-0.4, -0.2) is 30.4 Å². The molecule has 1 N–H and O–H groups in total. The van der Waals surface area contributed by atoms with E-state index in [1.165, 1.54) is 10.7 Å². The fourth-order valence-corrected chi connectivity index (χ4v) is 2.91. The quantitative estimate of drug-likeness (QED) is 0.568. The van der Waals surface area contributed by atoms with Gasteiger partial charge >= 0.3 is 5.82 Å². The summed E-state index contributed by atoms with van der Waals surface area (Å²) < 4.78 is 4.01. The monoisotopic (exact) mass is 398 g/mol. The van der Waals surface area contributed by atoms with Crippen molar-refractivity contribution in [3.8, 4) is 0 Å². The van der Waals surface area contributed by atoms with Crippen molar-refractivity contribution >= 4 is 27.7 Å². The minimum Gasteiger partial charge on any atom is -0.358 e. The zero-order valence-electron chi connectivity index (χ0n) is 13.7. The molecule has 0 spiro atoms. The van der Waals surface area contributed by atoms with Gasteiger partial charge in [-0.25, -0.2) is 0 Å². The lowest BCUT2D eigenvalue weighted by molar-refractivity contribution is -0.389. The largest absolute Gasteiger partial charge is 0.390 e. The van der Waals surface area contributed by atoms with Crippen LogP contribution in [0.15, 0.2) is 16.7 Å². The van der Waals surface area contributed by atoms with Crippen molar-refractivity contribution in [3.63, 3.8) is 0 Å². The van der Waals surface area contributed by atoms with Gasteiger partial charge in [0.15, 0.2) is 6.04 Å². The van der Waals surface area contributed by atoms with Crippen molar-refractivity contribution in [2.24, 2.45) is 0 Å². The SMILES string of the molecule is CCC(C(=O)NCc1c(Br)cnn1CC)n1nc([N+](=O)[O-])cc1C. The maximum absolute atomic E-state index is 12.5. The minimum atomic E-state index is -0.601. The molecule has 0 aliphatic heterocycles. The summed E-state index contributed by atoms with van der Waals surface area (Å²) in [6.07, 6.45) is 2.16. The fraction of sp³-hybridized carbons (Fsp3) is 0.500. The van der Waals surface area contributed by atoms with Crippen LogP contribution in [0.2, 0.25) is 0 Å². The number of amides is 1. The lowest BCUT2D eigenvalue weighted by Gasteiger charge is -2.15. The highest BCUT2D eigenvalue weighted by Gasteiger charge is 2.27. The highest BCUT2D eigenvalue weighted by Crippen LogP contribution is 2.20. The number of hydrogen-bond donors (Lipinski definition) is 1. The summed E-state index contributed by atoms with van der Waals surface area (Å²) in [6, 6.07) is 0.758. The van der Waals surface area contributed by atoms with Gasteiger partial charge in [-0.2, -0.15) is 9.78 Å². The van der Waals surface area contributed by atoms with Gasteiger partial charge in [0.05, 0.1) is 39.8 Å². The number of hydrogen-bond acceptors (Lipinski definition) is 5. The number of halogens is 1. The minimum absolute atomic E-state index is 0.241. The molecule has 0 aliphatic rings. The predicted molar refractivity (Wildman–Crippen MR) is 90.4 cm³/mol. The molecule has 0 aromatic carbocycles. The molecule has 2 aromatic heterocycles. The molecule has 0 fully saturated rings. The molecule has 2 aromatic rings. The maximum Gasteiger partial charge on any atom is 0.390 e. The highest BCUT2D eigenvalue weighted by atomic mass is 79.9. The number of carbonyl (C=O) groups is 1. The van der Waals surface area contributed by atoms with E-state index >= 15 is 0 Å². The van der Waals surface area contributed by atoms with E-state index in [-0.39, 0.29) is 11.7 Å². The Kier molecular flexibility index (Phi) is 5.71. The summed E-state index contributed by atoms with van der Waals surface area (Å²) in [5, 5.41) is 21.8. The van der Waals surface area contributed by atoms with E-state index in [2.05, 4.69) is 31.4 Å². The number of nitro groups is 1. The summed E-state index contributed by atoms with van der Waals surface area (Å²) in [5.74, 6) is -0.500. The van der Waals surface area contributed by atoms with Crippen molar-refractivity contribution in [2.45, 2.75) is 46.3 Å². The van der Waals surface area contributed by atoms with Gasteiger partial charge in [0, 0.05) is 6.54 Å². The number of nitrogens with zero attached hydrogens (tertiary/aromatic N) is 5. The average Bonchev–Trinajstić information content (AvgIpc) is 3.09. The first-order valence-electron chi connectivity index (χ1n) is 7.57. The van der Waals surface area contributed by atoms with Crippen molar-refractivity contribution in [2.75, 3.05) is 0 Å². The molecule has 0 radical (unpaired) electrons. The second kappa shape index (κ2) is 7.56. The van der Waals surface area contributed by atoms with Gasteiger partial charge in [0.2, 0.25) is 5.91 Å². The molecule has 9 nitrogen and oxygen atoms in total. The van der Waals surface area contributed by atoms with E-state index < -0.39 is 11.0 Å². The maximum atomic E-state index is 12.5. The average molecular weight is 399 g/mol. The molecule has 130 valence electrons. The van der Waals surface area contributed by atoms with Crippen molar-refractivity contribution in [3.05, 3.63) is 38.2 Å². The summed E-state index contributed by atoms with van der Waals surface area (Å²) in [4.78, 5) is 22.8. The molecule has 0 aliphatic carbocycles. The number of carbonyl (C=O) groups excluding carboxylic acids is 1. The van der Waals surface area contributed by atoms with Gasteiger partial charge in [-0.1, -0.05) is 6.92 Å². The van der Waals surface area contributed by atoms with E-state index in [1.807, 2.05) is 13.8 Å². The Bertz CT molecular complexity index is 754. The number of aryl methyl sites for hydroxylation is 2. The molecule has 10 heteroatoms. The third kappa shape index (κ3) is 3.64. The number of rotatable bonds is 7. The molecule has 1 amide bonds. The summed E-state index contributed by atoms with van der Waals surface area (Å²) >= 11 is 3.41. The number of aromatic nitrogens is 4.